The first-order valence-electron chi connectivity index (χ1n) is 30.0. The van der Waals surface area contributed by atoms with Crippen LogP contribution in [0, 0.1) is 0 Å². The summed E-state index contributed by atoms with van der Waals surface area (Å²) in [5, 5.41) is 0. The van der Waals surface area contributed by atoms with Gasteiger partial charge in [-0.2, -0.15) is 0 Å². The van der Waals surface area contributed by atoms with Crippen LogP contribution in [-0.2, 0) is 25.6 Å². The summed E-state index contributed by atoms with van der Waals surface area (Å²) in [7, 11) is 0. The van der Waals surface area contributed by atoms with Crippen LogP contribution in [0.5, 0.6) is 0 Å². The molecule has 0 aliphatic heterocycles. The number of ether oxygens (including phenoxy) is 2. The zero-order chi connectivity index (χ0) is 49.1. The lowest BCUT2D eigenvalue weighted by atomic mass is 10.1. The maximum atomic E-state index is 12.9. The Labute approximate surface area is 423 Å². The maximum Gasteiger partial charge on any atom is 0.307 e. The predicted molar refractivity (Wildman–Crippen MR) is 295 cm³/mol. The summed E-state index contributed by atoms with van der Waals surface area (Å²) in [6.07, 6.45) is 47.5. The number of unbranched alkanes of at least 4 members (excludes halogenated alkanes) is 30. The van der Waals surface area contributed by atoms with E-state index in [1.54, 1.807) is 0 Å². The summed E-state index contributed by atoms with van der Waals surface area (Å²) in [5.74, 6) is -0.0884. The normalized spacial score (nSPS) is 11.7. The van der Waals surface area contributed by atoms with E-state index in [-0.39, 0.29) is 11.9 Å². The molecular weight excluding hydrogens is 839 g/mol. The maximum absolute atomic E-state index is 12.9. The summed E-state index contributed by atoms with van der Waals surface area (Å²) in [4.78, 5) is 33.4. The third-order valence-corrected chi connectivity index (χ3v) is 14.1. The molecule has 0 saturated heterocycles. The van der Waals surface area contributed by atoms with Gasteiger partial charge in [0.05, 0.1) is 26.1 Å². The molecule has 0 bridgehead atoms. The molecule has 398 valence electrons. The molecule has 1 aromatic carbocycles. The van der Waals surface area contributed by atoms with E-state index in [0.29, 0.717) is 26.1 Å². The molecule has 0 radical (unpaired) electrons. The van der Waals surface area contributed by atoms with Crippen molar-refractivity contribution in [2.75, 3.05) is 65.6 Å². The lowest BCUT2D eigenvalue weighted by molar-refractivity contribution is -0.145. The fraction of sp³-hybridized carbons (Fsp3) is 0.869. The van der Waals surface area contributed by atoms with Crippen LogP contribution < -0.4 is 0 Å². The second-order valence-corrected chi connectivity index (χ2v) is 20.7. The van der Waals surface area contributed by atoms with E-state index < -0.39 is 0 Å². The van der Waals surface area contributed by atoms with Crippen LogP contribution in [-0.4, -0.2) is 92.2 Å². The number of hydrogen-bond donors (Lipinski definition) is 0. The fourth-order valence-electron chi connectivity index (χ4n) is 9.55. The first-order valence-corrected chi connectivity index (χ1v) is 30.0. The van der Waals surface area contributed by atoms with E-state index in [9.17, 15) is 9.59 Å². The Morgan fingerprint density at radius 2 is 0.588 bits per heavy atom. The van der Waals surface area contributed by atoms with Crippen LogP contribution in [0.15, 0.2) is 30.3 Å². The van der Waals surface area contributed by atoms with Gasteiger partial charge in [0.2, 0.25) is 0 Å². The molecule has 68 heavy (non-hydrogen) atoms. The lowest BCUT2D eigenvalue weighted by Crippen LogP contribution is -2.29. The van der Waals surface area contributed by atoms with Crippen molar-refractivity contribution in [3.63, 3.8) is 0 Å². The summed E-state index contributed by atoms with van der Waals surface area (Å²) in [6.45, 7) is 19.0. The first-order chi connectivity index (χ1) is 33.5. The zero-order valence-electron chi connectivity index (χ0n) is 46.0. The number of nitrogens with zero attached hydrogens (tertiary/aromatic N) is 3. The van der Waals surface area contributed by atoms with Crippen LogP contribution in [0.1, 0.15) is 277 Å². The Balaban J connectivity index is 2.46. The number of carbonyl (C=O) groups excluding carboxylic acids is 2. The van der Waals surface area contributed by atoms with Gasteiger partial charge in [-0.15, -0.1) is 0 Å². The molecule has 0 N–H and O–H groups in total. The summed E-state index contributed by atoms with van der Waals surface area (Å²) < 4.78 is 11.6. The van der Waals surface area contributed by atoms with E-state index in [1.807, 2.05) is 0 Å². The molecule has 0 heterocycles. The third kappa shape index (κ3) is 44.0. The molecule has 0 aromatic heterocycles. The third-order valence-electron chi connectivity index (χ3n) is 14.1. The van der Waals surface area contributed by atoms with Crippen LogP contribution in [0.25, 0.3) is 0 Å². The molecule has 0 fully saturated rings. The van der Waals surface area contributed by atoms with E-state index in [4.69, 9.17) is 9.47 Å². The molecule has 0 aliphatic rings. The van der Waals surface area contributed by atoms with Crippen LogP contribution in [0.2, 0.25) is 0 Å². The minimum atomic E-state index is -0.0442. The van der Waals surface area contributed by atoms with Gasteiger partial charge in [-0.05, 0) is 96.2 Å². The topological polar surface area (TPSA) is 62.3 Å². The SMILES string of the molecule is CCCCCCCCCCN(CCCCCCCCCC)CCC(=O)OCCCCN(CCCCOC(=O)CCN(CCCCCCCCCC)CCCCCCCCCC)Cc1ccccc1. The Morgan fingerprint density at radius 1 is 0.324 bits per heavy atom. The van der Waals surface area contributed by atoms with Crippen LogP contribution >= 0.6 is 0 Å². The number of rotatable bonds is 54. The van der Waals surface area contributed by atoms with Gasteiger partial charge < -0.3 is 19.3 Å². The standard InChI is InChI=1S/C61H115N3O4/c1-5-9-13-17-21-25-29-36-48-62(49-37-30-26-22-18-14-10-6-2)54-46-60(65)67-56-42-40-52-64(58-59-44-34-33-35-45-59)53-41-43-57-68-61(66)47-55-63(50-38-31-27-23-19-15-11-7-3)51-39-32-28-24-20-16-12-8-4/h33-35,44-45H,5-32,36-43,46-58H2,1-4H3. The smallest absolute Gasteiger partial charge is 0.307 e. The molecular formula is C61H115N3O4. The minimum Gasteiger partial charge on any atom is -0.466 e. The highest BCUT2D eigenvalue weighted by molar-refractivity contribution is 5.69. The minimum absolute atomic E-state index is 0.0442. The molecule has 1 rings (SSSR count). The zero-order valence-corrected chi connectivity index (χ0v) is 46.0. The number of benzene rings is 1. The first kappa shape index (κ1) is 64.1. The predicted octanol–water partition coefficient (Wildman–Crippen LogP) is 17.1. The average molecular weight is 955 g/mol. The molecule has 7 heteroatoms. The quantitative estimate of drug-likeness (QED) is 0.0476. The Bertz CT molecular complexity index is 1070. The van der Waals surface area contributed by atoms with Crippen molar-refractivity contribution in [3.05, 3.63) is 35.9 Å². The lowest BCUT2D eigenvalue weighted by Gasteiger charge is -2.23. The largest absolute Gasteiger partial charge is 0.466 e. The fourth-order valence-corrected chi connectivity index (χ4v) is 9.55. The van der Waals surface area contributed by atoms with Crippen molar-refractivity contribution in [2.24, 2.45) is 0 Å². The Hall–Kier alpha value is -1.96. The average Bonchev–Trinajstić information content (AvgIpc) is 3.35. The van der Waals surface area contributed by atoms with Crippen molar-refractivity contribution >= 4 is 11.9 Å². The summed E-state index contributed by atoms with van der Waals surface area (Å²) in [6, 6.07) is 10.7. The molecule has 1 aromatic rings. The van der Waals surface area contributed by atoms with Crippen LogP contribution in [0.3, 0.4) is 0 Å². The number of esters is 2. The highest BCUT2D eigenvalue weighted by Crippen LogP contribution is 2.15. The molecule has 7 nitrogen and oxygen atoms in total. The second kappa shape index (κ2) is 51.4. The summed E-state index contributed by atoms with van der Waals surface area (Å²) >= 11 is 0. The molecule has 0 aliphatic carbocycles. The van der Waals surface area contributed by atoms with Crippen LogP contribution in [0.4, 0.5) is 0 Å². The van der Waals surface area contributed by atoms with Gasteiger partial charge in [-0.25, -0.2) is 0 Å². The molecule has 0 atom stereocenters. The van der Waals surface area contributed by atoms with Gasteiger partial charge in [0.25, 0.3) is 0 Å². The van der Waals surface area contributed by atoms with Gasteiger partial charge in [-0.1, -0.05) is 238 Å². The Morgan fingerprint density at radius 3 is 0.897 bits per heavy atom. The second-order valence-electron chi connectivity index (χ2n) is 20.7. The molecule has 0 unspecified atom stereocenters. The van der Waals surface area contributed by atoms with Crippen molar-refractivity contribution in [1.82, 2.24) is 14.7 Å². The van der Waals surface area contributed by atoms with Gasteiger partial charge in [0.1, 0.15) is 0 Å². The van der Waals surface area contributed by atoms with Crippen molar-refractivity contribution in [1.29, 1.82) is 0 Å². The molecule has 0 amide bonds. The van der Waals surface area contributed by atoms with Crippen molar-refractivity contribution < 1.29 is 19.1 Å². The van der Waals surface area contributed by atoms with Crippen molar-refractivity contribution in [3.8, 4) is 0 Å². The van der Waals surface area contributed by atoms with E-state index in [1.165, 1.54) is 211 Å². The van der Waals surface area contributed by atoms with Gasteiger partial charge >= 0.3 is 11.9 Å². The van der Waals surface area contributed by atoms with Gasteiger partial charge in [0.15, 0.2) is 0 Å². The summed E-state index contributed by atoms with van der Waals surface area (Å²) in [5.41, 5.74) is 1.32. The highest BCUT2D eigenvalue weighted by Gasteiger charge is 2.13. The molecule has 0 saturated carbocycles. The van der Waals surface area contributed by atoms with E-state index >= 15 is 0 Å². The highest BCUT2D eigenvalue weighted by atomic mass is 16.5. The monoisotopic (exact) mass is 954 g/mol. The Kier molecular flexibility index (Phi) is 48.4. The van der Waals surface area contributed by atoms with Gasteiger partial charge in [0, 0.05) is 19.6 Å². The number of hydrogen-bond acceptors (Lipinski definition) is 7. The number of carbonyl (C=O) groups is 2. The van der Waals surface area contributed by atoms with Gasteiger partial charge in [-0.3, -0.25) is 14.5 Å². The van der Waals surface area contributed by atoms with E-state index in [2.05, 4.69) is 72.7 Å². The van der Waals surface area contributed by atoms with E-state index in [0.717, 1.165) is 84.6 Å². The molecule has 0 spiro atoms. The van der Waals surface area contributed by atoms with Crippen molar-refractivity contribution in [2.45, 2.75) is 278 Å².